The highest BCUT2D eigenvalue weighted by Crippen LogP contribution is 1.93. The molecule has 50 valence electrons. The molecular formula is C5H13ClOSi. The molecule has 0 saturated heterocycles. The summed E-state index contributed by atoms with van der Waals surface area (Å²) >= 11 is 5.40. The van der Waals surface area contributed by atoms with Gasteiger partial charge in [-0.15, -0.1) is 11.1 Å². The third-order valence-electron chi connectivity index (χ3n) is 0.969. The first-order valence-corrected chi connectivity index (χ1v) is 5.77. The molecule has 0 rings (SSSR count). The minimum atomic E-state index is -0.642. The fraction of sp³-hybridized carbons (Fsp3) is 1.00. The summed E-state index contributed by atoms with van der Waals surface area (Å²) in [5.74, 6) is 0. The van der Waals surface area contributed by atoms with Gasteiger partial charge >= 0.3 is 0 Å². The van der Waals surface area contributed by atoms with Gasteiger partial charge in [-0.1, -0.05) is 19.8 Å². The zero-order valence-electron chi connectivity index (χ0n) is 5.32. The third kappa shape index (κ3) is 6.47. The van der Waals surface area contributed by atoms with Gasteiger partial charge in [0, 0.05) is 6.61 Å². The summed E-state index contributed by atoms with van der Waals surface area (Å²) in [6.07, 6.45) is 3.70. The minimum Gasteiger partial charge on any atom is -0.408 e. The SMILES string of the molecule is CCCCCO[SiH2]Cl. The van der Waals surface area contributed by atoms with Crippen LogP contribution in [0, 0.1) is 0 Å². The zero-order chi connectivity index (χ0) is 6.24. The van der Waals surface area contributed by atoms with E-state index >= 15 is 0 Å². The van der Waals surface area contributed by atoms with Crippen molar-refractivity contribution >= 4 is 20.2 Å². The van der Waals surface area contributed by atoms with Crippen molar-refractivity contribution in [2.24, 2.45) is 0 Å². The van der Waals surface area contributed by atoms with Crippen molar-refractivity contribution in [3.05, 3.63) is 0 Å². The first-order chi connectivity index (χ1) is 3.91. The van der Waals surface area contributed by atoms with Crippen LogP contribution < -0.4 is 0 Å². The van der Waals surface area contributed by atoms with Gasteiger partial charge in [0.15, 0.2) is 0 Å². The predicted molar refractivity (Wildman–Crippen MR) is 39.9 cm³/mol. The normalized spacial score (nSPS) is 11.2. The topological polar surface area (TPSA) is 9.23 Å². The van der Waals surface area contributed by atoms with E-state index in [1.54, 1.807) is 0 Å². The smallest absolute Gasteiger partial charge is 0.258 e. The van der Waals surface area contributed by atoms with Crippen LogP contribution in [-0.4, -0.2) is 15.7 Å². The highest BCUT2D eigenvalue weighted by Gasteiger charge is 1.83. The molecule has 0 aromatic rings. The van der Waals surface area contributed by atoms with Gasteiger partial charge < -0.3 is 4.43 Å². The van der Waals surface area contributed by atoms with Crippen LogP contribution in [-0.2, 0) is 4.43 Å². The van der Waals surface area contributed by atoms with Gasteiger partial charge in [-0.25, -0.2) is 0 Å². The van der Waals surface area contributed by atoms with Crippen molar-refractivity contribution in [3.63, 3.8) is 0 Å². The van der Waals surface area contributed by atoms with E-state index < -0.39 is 9.07 Å². The molecule has 0 unspecified atom stereocenters. The summed E-state index contributed by atoms with van der Waals surface area (Å²) in [4.78, 5) is 0. The molecule has 0 N–H and O–H groups in total. The van der Waals surface area contributed by atoms with Gasteiger partial charge in [-0.05, 0) is 6.42 Å². The maximum absolute atomic E-state index is 5.40. The molecule has 8 heavy (non-hydrogen) atoms. The van der Waals surface area contributed by atoms with E-state index in [1.807, 2.05) is 0 Å². The van der Waals surface area contributed by atoms with Crippen molar-refractivity contribution in [3.8, 4) is 0 Å². The first kappa shape index (κ1) is 8.47. The molecule has 0 aliphatic heterocycles. The van der Waals surface area contributed by atoms with Crippen LogP contribution in [0.25, 0.3) is 0 Å². The van der Waals surface area contributed by atoms with Crippen LogP contribution in [0.15, 0.2) is 0 Å². The van der Waals surface area contributed by atoms with E-state index in [0.717, 1.165) is 6.61 Å². The maximum atomic E-state index is 5.40. The summed E-state index contributed by atoms with van der Waals surface area (Å²) in [6, 6.07) is 0. The van der Waals surface area contributed by atoms with Crippen LogP contribution >= 0.6 is 11.1 Å². The highest BCUT2D eigenvalue weighted by molar-refractivity contribution is 6.89. The Hall–Kier alpha value is 0.467. The molecular weight excluding hydrogens is 140 g/mol. The quantitative estimate of drug-likeness (QED) is 0.329. The molecule has 3 heteroatoms. The molecule has 1 nitrogen and oxygen atoms in total. The van der Waals surface area contributed by atoms with Crippen molar-refractivity contribution in [2.45, 2.75) is 26.2 Å². The average Bonchev–Trinajstić information content (AvgIpc) is 1.81. The largest absolute Gasteiger partial charge is 0.408 e. The minimum absolute atomic E-state index is 0.642. The van der Waals surface area contributed by atoms with Crippen molar-refractivity contribution in [1.82, 2.24) is 0 Å². The second kappa shape index (κ2) is 7.47. The maximum Gasteiger partial charge on any atom is 0.258 e. The number of hydrogen-bond donors (Lipinski definition) is 0. The molecule has 0 aromatic carbocycles. The Morgan fingerprint density at radius 3 is 2.75 bits per heavy atom. The van der Waals surface area contributed by atoms with Gasteiger partial charge in [0.1, 0.15) is 0 Å². The lowest BCUT2D eigenvalue weighted by Gasteiger charge is -1.95. The summed E-state index contributed by atoms with van der Waals surface area (Å²) in [6.45, 7) is 3.06. The van der Waals surface area contributed by atoms with E-state index in [-0.39, 0.29) is 0 Å². The molecule has 0 atom stereocenters. The van der Waals surface area contributed by atoms with Crippen LogP contribution in [0.2, 0.25) is 0 Å². The second-order valence-corrected chi connectivity index (χ2v) is 3.01. The number of halogens is 1. The molecule has 0 fully saturated rings. The summed E-state index contributed by atoms with van der Waals surface area (Å²) < 4.78 is 5.04. The molecule has 0 aliphatic carbocycles. The van der Waals surface area contributed by atoms with Crippen LogP contribution in [0.5, 0.6) is 0 Å². The van der Waals surface area contributed by atoms with Gasteiger partial charge in [0.2, 0.25) is 0 Å². The third-order valence-corrected chi connectivity index (χ3v) is 1.88. The van der Waals surface area contributed by atoms with Crippen molar-refractivity contribution in [1.29, 1.82) is 0 Å². The molecule has 0 spiro atoms. The van der Waals surface area contributed by atoms with E-state index in [4.69, 9.17) is 15.5 Å². The van der Waals surface area contributed by atoms with E-state index in [1.165, 1.54) is 19.3 Å². The molecule has 0 bridgehead atoms. The summed E-state index contributed by atoms with van der Waals surface area (Å²) in [5.41, 5.74) is 0. The van der Waals surface area contributed by atoms with Crippen LogP contribution in [0.1, 0.15) is 26.2 Å². The monoisotopic (exact) mass is 152 g/mol. The Balaban J connectivity index is 2.53. The van der Waals surface area contributed by atoms with Gasteiger partial charge in [0.05, 0.1) is 0 Å². The van der Waals surface area contributed by atoms with Crippen LogP contribution in [0.4, 0.5) is 0 Å². The summed E-state index contributed by atoms with van der Waals surface area (Å²) in [5, 5.41) is 0. The van der Waals surface area contributed by atoms with E-state index in [9.17, 15) is 0 Å². The fourth-order valence-electron chi connectivity index (χ4n) is 0.509. The Morgan fingerprint density at radius 1 is 1.50 bits per heavy atom. The Labute approximate surface area is 58.0 Å². The molecule has 0 amide bonds. The Morgan fingerprint density at radius 2 is 2.25 bits per heavy atom. The molecule has 0 radical (unpaired) electrons. The number of rotatable bonds is 5. The molecule has 0 saturated carbocycles. The van der Waals surface area contributed by atoms with Gasteiger partial charge in [-0.3, -0.25) is 0 Å². The standard InChI is InChI=1S/C5H13ClOSi/c1-2-3-4-5-7-8-6/h2-5,8H2,1H3. The summed E-state index contributed by atoms with van der Waals surface area (Å²) in [7, 11) is -0.642. The molecule has 0 aromatic heterocycles. The first-order valence-electron chi connectivity index (χ1n) is 3.05. The lowest BCUT2D eigenvalue weighted by Crippen LogP contribution is -1.93. The molecule has 0 heterocycles. The molecule has 0 aliphatic rings. The Kier molecular flexibility index (Phi) is 7.90. The lowest BCUT2D eigenvalue weighted by atomic mass is 10.3. The lowest BCUT2D eigenvalue weighted by molar-refractivity contribution is 0.331. The average molecular weight is 153 g/mol. The van der Waals surface area contributed by atoms with Crippen molar-refractivity contribution < 1.29 is 4.43 Å². The van der Waals surface area contributed by atoms with Gasteiger partial charge in [-0.2, -0.15) is 0 Å². The van der Waals surface area contributed by atoms with E-state index in [2.05, 4.69) is 6.92 Å². The van der Waals surface area contributed by atoms with Crippen molar-refractivity contribution in [2.75, 3.05) is 6.61 Å². The van der Waals surface area contributed by atoms with E-state index in [0.29, 0.717) is 0 Å². The zero-order valence-corrected chi connectivity index (χ0v) is 7.49. The van der Waals surface area contributed by atoms with Gasteiger partial charge in [0.25, 0.3) is 9.07 Å². The highest BCUT2D eigenvalue weighted by atomic mass is 35.6. The Bertz CT molecular complexity index is 37.4. The predicted octanol–water partition coefficient (Wildman–Crippen LogP) is 1.43. The number of unbranched alkanes of at least 4 members (excludes halogenated alkanes) is 2. The number of hydrogen-bond acceptors (Lipinski definition) is 1. The second-order valence-electron chi connectivity index (χ2n) is 1.72. The fourth-order valence-corrected chi connectivity index (χ4v) is 1.15. The van der Waals surface area contributed by atoms with Crippen LogP contribution in [0.3, 0.4) is 0 Å².